The zero-order valence-corrected chi connectivity index (χ0v) is 15.0. The summed E-state index contributed by atoms with van der Waals surface area (Å²) < 4.78 is 19.1. The fourth-order valence-electron chi connectivity index (χ4n) is 2.94. The number of rotatable bonds is 4. The second-order valence-electron chi connectivity index (χ2n) is 5.97. The molecule has 1 aliphatic heterocycles. The van der Waals surface area contributed by atoms with E-state index >= 15 is 0 Å². The molecule has 2 aromatic heterocycles. The van der Waals surface area contributed by atoms with Crippen molar-refractivity contribution in [2.75, 3.05) is 23.3 Å². The van der Waals surface area contributed by atoms with E-state index in [9.17, 15) is 4.39 Å². The number of benzene rings is 1. The summed E-state index contributed by atoms with van der Waals surface area (Å²) in [5.41, 5.74) is 0.669. The average Bonchev–Trinajstić information content (AvgIpc) is 3.24. The van der Waals surface area contributed by atoms with Gasteiger partial charge in [-0.25, -0.2) is 9.37 Å². The largest absolute Gasteiger partial charge is 0.352 e. The number of anilines is 2. The predicted molar refractivity (Wildman–Crippen MR) is 98.2 cm³/mol. The van der Waals surface area contributed by atoms with Gasteiger partial charge in [-0.05, 0) is 36.8 Å². The van der Waals surface area contributed by atoms with Crippen molar-refractivity contribution >= 4 is 35.0 Å². The van der Waals surface area contributed by atoms with Gasteiger partial charge in [0.2, 0.25) is 5.82 Å². The van der Waals surface area contributed by atoms with Crippen LogP contribution in [0.3, 0.4) is 0 Å². The van der Waals surface area contributed by atoms with Gasteiger partial charge < -0.3 is 14.7 Å². The van der Waals surface area contributed by atoms with Crippen molar-refractivity contribution in [2.24, 2.45) is 0 Å². The molecule has 1 aliphatic rings. The maximum Gasteiger partial charge on any atom is 0.322 e. The van der Waals surface area contributed by atoms with Gasteiger partial charge in [-0.3, -0.25) is 0 Å². The SMILES string of the molecule is Fc1cccnc1N1CCC(Nc2nc(-c3cc(Cl)cc(Cl)c3)no2)C1. The summed E-state index contributed by atoms with van der Waals surface area (Å²) in [6, 6.07) is 8.38. The summed E-state index contributed by atoms with van der Waals surface area (Å²) in [7, 11) is 0. The van der Waals surface area contributed by atoms with E-state index in [1.807, 2.05) is 4.90 Å². The maximum absolute atomic E-state index is 13.9. The van der Waals surface area contributed by atoms with Gasteiger partial charge in [0, 0.05) is 40.9 Å². The number of halogens is 3. The molecule has 9 heteroatoms. The number of nitrogens with zero attached hydrogens (tertiary/aromatic N) is 4. The van der Waals surface area contributed by atoms with Gasteiger partial charge in [0.1, 0.15) is 0 Å². The summed E-state index contributed by atoms with van der Waals surface area (Å²) in [5, 5.41) is 8.12. The van der Waals surface area contributed by atoms with Crippen LogP contribution in [-0.4, -0.2) is 34.3 Å². The Morgan fingerprint density at radius 1 is 1.23 bits per heavy atom. The first-order valence-corrected chi connectivity index (χ1v) is 8.76. The standard InChI is InChI=1S/C17H14Cl2FN5O/c18-11-6-10(7-12(19)8-11)15-23-17(26-24-15)22-13-3-5-25(9-13)16-14(20)2-1-4-21-16/h1-2,4,6-8,13H,3,5,9H2,(H,22,23,24). The number of hydrogen-bond donors (Lipinski definition) is 1. The summed E-state index contributed by atoms with van der Waals surface area (Å²) in [6.07, 6.45) is 2.39. The molecule has 0 radical (unpaired) electrons. The third-order valence-electron chi connectivity index (χ3n) is 4.10. The van der Waals surface area contributed by atoms with E-state index in [1.165, 1.54) is 6.07 Å². The van der Waals surface area contributed by atoms with E-state index in [0.29, 0.717) is 46.4 Å². The first kappa shape index (κ1) is 17.1. The highest BCUT2D eigenvalue weighted by atomic mass is 35.5. The van der Waals surface area contributed by atoms with Crippen LogP contribution in [0.15, 0.2) is 41.1 Å². The zero-order valence-electron chi connectivity index (χ0n) is 13.5. The zero-order chi connectivity index (χ0) is 18.1. The minimum atomic E-state index is -0.328. The van der Waals surface area contributed by atoms with Crippen LogP contribution in [0, 0.1) is 5.82 Å². The van der Waals surface area contributed by atoms with Crippen molar-refractivity contribution in [2.45, 2.75) is 12.5 Å². The van der Waals surface area contributed by atoms with Crippen LogP contribution in [0.4, 0.5) is 16.2 Å². The summed E-state index contributed by atoms with van der Waals surface area (Å²) >= 11 is 12.0. The predicted octanol–water partition coefficient (Wildman–Crippen LogP) is 4.27. The minimum absolute atomic E-state index is 0.0488. The van der Waals surface area contributed by atoms with Crippen LogP contribution in [0.1, 0.15) is 6.42 Å². The van der Waals surface area contributed by atoms with Crippen molar-refractivity contribution in [3.63, 3.8) is 0 Å². The molecule has 4 rings (SSSR count). The monoisotopic (exact) mass is 393 g/mol. The molecule has 134 valence electrons. The fourth-order valence-corrected chi connectivity index (χ4v) is 3.46. The van der Waals surface area contributed by atoms with Crippen LogP contribution in [0.5, 0.6) is 0 Å². The number of pyridine rings is 1. The average molecular weight is 394 g/mol. The van der Waals surface area contributed by atoms with Crippen LogP contribution >= 0.6 is 23.2 Å². The molecule has 0 amide bonds. The Morgan fingerprint density at radius 3 is 2.81 bits per heavy atom. The Morgan fingerprint density at radius 2 is 2.04 bits per heavy atom. The van der Waals surface area contributed by atoms with E-state index in [4.69, 9.17) is 27.7 Å². The molecule has 0 bridgehead atoms. The van der Waals surface area contributed by atoms with Gasteiger partial charge in [-0.2, -0.15) is 4.98 Å². The van der Waals surface area contributed by atoms with E-state index in [-0.39, 0.29) is 11.9 Å². The van der Waals surface area contributed by atoms with Crippen LogP contribution in [0.25, 0.3) is 11.4 Å². The molecule has 0 aliphatic carbocycles. The van der Waals surface area contributed by atoms with Crippen molar-refractivity contribution < 1.29 is 8.91 Å². The molecule has 3 aromatic rings. The van der Waals surface area contributed by atoms with Gasteiger partial charge in [0.05, 0.1) is 0 Å². The molecule has 1 N–H and O–H groups in total. The van der Waals surface area contributed by atoms with Crippen molar-refractivity contribution in [1.82, 2.24) is 15.1 Å². The third-order valence-corrected chi connectivity index (χ3v) is 4.54. The number of nitrogens with one attached hydrogen (secondary N) is 1. The maximum atomic E-state index is 13.9. The Labute approximate surface area is 158 Å². The first-order chi connectivity index (χ1) is 12.6. The van der Waals surface area contributed by atoms with E-state index in [1.54, 1.807) is 30.5 Å². The fraction of sp³-hybridized carbons (Fsp3) is 0.235. The molecule has 1 saturated heterocycles. The highest BCUT2D eigenvalue weighted by Gasteiger charge is 2.26. The second-order valence-corrected chi connectivity index (χ2v) is 6.84. The van der Waals surface area contributed by atoms with E-state index < -0.39 is 0 Å². The molecule has 1 fully saturated rings. The first-order valence-electron chi connectivity index (χ1n) is 8.00. The van der Waals surface area contributed by atoms with Crippen LogP contribution < -0.4 is 10.2 Å². The molecule has 0 saturated carbocycles. The molecule has 6 nitrogen and oxygen atoms in total. The van der Waals surface area contributed by atoms with Gasteiger partial charge in [0.25, 0.3) is 0 Å². The van der Waals surface area contributed by atoms with Crippen molar-refractivity contribution in [1.29, 1.82) is 0 Å². The van der Waals surface area contributed by atoms with Gasteiger partial charge in [-0.15, -0.1) is 0 Å². The summed E-state index contributed by atoms with van der Waals surface area (Å²) in [5.74, 6) is 0.421. The second kappa shape index (κ2) is 7.09. The quantitative estimate of drug-likeness (QED) is 0.713. The summed E-state index contributed by atoms with van der Waals surface area (Å²) in [6.45, 7) is 1.28. The lowest BCUT2D eigenvalue weighted by molar-refractivity contribution is 0.428. The van der Waals surface area contributed by atoms with Crippen LogP contribution in [-0.2, 0) is 0 Å². The lowest BCUT2D eigenvalue weighted by atomic mass is 10.2. The number of aromatic nitrogens is 3. The Kier molecular flexibility index (Phi) is 4.65. The Bertz CT molecular complexity index is 915. The topological polar surface area (TPSA) is 67.1 Å². The molecular weight excluding hydrogens is 380 g/mol. The highest BCUT2D eigenvalue weighted by molar-refractivity contribution is 6.35. The van der Waals surface area contributed by atoms with Gasteiger partial charge in [0.15, 0.2) is 11.6 Å². The van der Waals surface area contributed by atoms with Crippen LogP contribution in [0.2, 0.25) is 10.0 Å². The molecule has 1 unspecified atom stereocenters. The van der Waals surface area contributed by atoms with Crippen molar-refractivity contribution in [3.05, 3.63) is 52.4 Å². The Hall–Kier alpha value is -2.38. The molecule has 1 atom stereocenters. The normalized spacial score (nSPS) is 16.9. The molecule has 1 aromatic carbocycles. The number of hydrogen-bond acceptors (Lipinski definition) is 6. The lowest BCUT2D eigenvalue weighted by Crippen LogP contribution is -2.27. The molecular formula is C17H14Cl2FN5O. The Balaban J connectivity index is 1.44. The van der Waals surface area contributed by atoms with E-state index in [2.05, 4.69) is 20.4 Å². The summed E-state index contributed by atoms with van der Waals surface area (Å²) in [4.78, 5) is 10.3. The lowest BCUT2D eigenvalue weighted by Gasteiger charge is -2.17. The molecule has 0 spiro atoms. The molecule has 26 heavy (non-hydrogen) atoms. The van der Waals surface area contributed by atoms with Crippen molar-refractivity contribution in [3.8, 4) is 11.4 Å². The smallest absolute Gasteiger partial charge is 0.322 e. The van der Waals surface area contributed by atoms with Gasteiger partial charge in [-0.1, -0.05) is 28.4 Å². The minimum Gasteiger partial charge on any atom is -0.352 e. The van der Waals surface area contributed by atoms with E-state index in [0.717, 1.165) is 6.42 Å². The third kappa shape index (κ3) is 3.59. The molecule has 3 heterocycles. The van der Waals surface area contributed by atoms with Gasteiger partial charge >= 0.3 is 6.01 Å². The highest BCUT2D eigenvalue weighted by Crippen LogP contribution is 2.27.